The van der Waals surface area contributed by atoms with Crippen LogP contribution in [0.3, 0.4) is 0 Å². The fraction of sp³-hybridized carbons (Fsp3) is 0.429. The number of aromatic nitrogens is 8. The van der Waals surface area contributed by atoms with Gasteiger partial charge in [0.25, 0.3) is 0 Å². The lowest BCUT2D eigenvalue weighted by Gasteiger charge is -2.04. The van der Waals surface area contributed by atoms with E-state index >= 15 is 0 Å². The lowest BCUT2D eigenvalue weighted by Crippen LogP contribution is -2.00. The second-order valence-corrected chi connectivity index (χ2v) is 7.52. The molecule has 3 aromatic rings. The Bertz CT molecular complexity index is 783. The molecule has 124 valence electrons. The molecule has 8 nitrogen and oxygen atoms in total. The Kier molecular flexibility index (Phi) is 4.74. The Labute approximate surface area is 147 Å². The molecule has 4 rings (SSSR count). The number of para-hydroxylation sites is 1. The van der Waals surface area contributed by atoms with E-state index in [1.165, 1.54) is 12.8 Å². The highest BCUT2D eigenvalue weighted by atomic mass is 32.2. The van der Waals surface area contributed by atoms with Crippen molar-refractivity contribution >= 4 is 23.5 Å². The van der Waals surface area contributed by atoms with Gasteiger partial charge in [-0.1, -0.05) is 41.7 Å². The van der Waals surface area contributed by atoms with Gasteiger partial charge in [0.05, 0.1) is 11.7 Å². The number of hydrogen-bond donors (Lipinski definition) is 0. The van der Waals surface area contributed by atoms with Crippen molar-refractivity contribution in [2.24, 2.45) is 0 Å². The molecule has 1 saturated carbocycles. The van der Waals surface area contributed by atoms with Gasteiger partial charge in [0, 0.05) is 11.5 Å². The molecule has 24 heavy (non-hydrogen) atoms. The SMILES string of the molecule is c1ccc(-n2nnnc2SCCCSc2nnnn2C2CC2)cc1. The van der Waals surface area contributed by atoms with Crippen molar-refractivity contribution in [1.29, 1.82) is 0 Å². The number of thioether (sulfide) groups is 2. The first-order valence-electron chi connectivity index (χ1n) is 7.79. The average molecular weight is 360 g/mol. The zero-order valence-electron chi connectivity index (χ0n) is 12.9. The van der Waals surface area contributed by atoms with Gasteiger partial charge in [-0.2, -0.15) is 4.68 Å². The highest BCUT2D eigenvalue weighted by Gasteiger charge is 2.27. The number of nitrogens with zero attached hydrogens (tertiary/aromatic N) is 8. The predicted octanol–water partition coefficient (Wildman–Crippen LogP) is 2.26. The number of benzene rings is 1. The maximum absolute atomic E-state index is 4.11. The molecule has 0 amide bonds. The summed E-state index contributed by atoms with van der Waals surface area (Å²) in [6, 6.07) is 10.4. The Morgan fingerprint density at radius 2 is 1.62 bits per heavy atom. The van der Waals surface area contributed by atoms with Gasteiger partial charge >= 0.3 is 0 Å². The number of tetrazole rings is 2. The first kappa shape index (κ1) is 15.6. The Morgan fingerprint density at radius 3 is 2.42 bits per heavy atom. The maximum Gasteiger partial charge on any atom is 0.214 e. The summed E-state index contributed by atoms with van der Waals surface area (Å²) in [6.45, 7) is 0. The van der Waals surface area contributed by atoms with Crippen LogP contribution in [0.2, 0.25) is 0 Å². The van der Waals surface area contributed by atoms with Crippen LogP contribution < -0.4 is 0 Å². The zero-order chi connectivity index (χ0) is 16.2. The molecular formula is C14H16N8S2. The van der Waals surface area contributed by atoms with Gasteiger partial charge in [0.1, 0.15) is 0 Å². The smallest absolute Gasteiger partial charge is 0.214 e. The molecule has 2 aromatic heterocycles. The highest BCUT2D eigenvalue weighted by molar-refractivity contribution is 8.00. The molecule has 0 bridgehead atoms. The van der Waals surface area contributed by atoms with Crippen molar-refractivity contribution in [1.82, 2.24) is 40.4 Å². The van der Waals surface area contributed by atoms with Crippen LogP contribution in [0.15, 0.2) is 40.6 Å². The van der Waals surface area contributed by atoms with E-state index in [0.29, 0.717) is 6.04 Å². The van der Waals surface area contributed by atoms with Crippen molar-refractivity contribution in [3.63, 3.8) is 0 Å². The summed E-state index contributed by atoms with van der Waals surface area (Å²) in [5.41, 5.74) is 0.975. The van der Waals surface area contributed by atoms with Gasteiger partial charge < -0.3 is 0 Å². The average Bonchev–Trinajstić information content (AvgIpc) is 3.17. The molecule has 0 aliphatic heterocycles. The summed E-state index contributed by atoms with van der Waals surface area (Å²) >= 11 is 3.38. The third-order valence-electron chi connectivity index (χ3n) is 3.55. The Morgan fingerprint density at radius 1 is 0.917 bits per heavy atom. The van der Waals surface area contributed by atoms with E-state index in [9.17, 15) is 0 Å². The van der Waals surface area contributed by atoms with E-state index in [1.54, 1.807) is 28.2 Å². The summed E-state index contributed by atoms with van der Waals surface area (Å²) < 4.78 is 3.72. The van der Waals surface area contributed by atoms with E-state index in [1.807, 2.05) is 35.0 Å². The van der Waals surface area contributed by atoms with E-state index in [0.717, 1.165) is 33.9 Å². The van der Waals surface area contributed by atoms with Gasteiger partial charge in [-0.05, 0) is 52.2 Å². The first-order valence-corrected chi connectivity index (χ1v) is 9.76. The van der Waals surface area contributed by atoms with E-state index in [-0.39, 0.29) is 0 Å². The summed E-state index contributed by atoms with van der Waals surface area (Å²) in [4.78, 5) is 0. The van der Waals surface area contributed by atoms with Crippen LogP contribution in [0, 0.1) is 0 Å². The van der Waals surface area contributed by atoms with Crippen LogP contribution in [-0.4, -0.2) is 51.9 Å². The minimum absolute atomic E-state index is 0.521. The molecular weight excluding hydrogens is 344 g/mol. The molecule has 0 radical (unpaired) electrons. The van der Waals surface area contributed by atoms with Gasteiger partial charge in [-0.3, -0.25) is 0 Å². The van der Waals surface area contributed by atoms with Crippen molar-refractivity contribution in [3.05, 3.63) is 30.3 Å². The lowest BCUT2D eigenvalue weighted by atomic mass is 10.3. The van der Waals surface area contributed by atoms with Crippen LogP contribution in [-0.2, 0) is 0 Å². The quantitative estimate of drug-likeness (QED) is 0.446. The van der Waals surface area contributed by atoms with Crippen LogP contribution in [0.4, 0.5) is 0 Å². The maximum atomic E-state index is 4.11. The molecule has 10 heteroatoms. The van der Waals surface area contributed by atoms with Crippen molar-refractivity contribution < 1.29 is 0 Å². The number of hydrogen-bond acceptors (Lipinski definition) is 8. The standard InChI is InChI=1S/C14H16N8S2/c1-2-5-11(6-3-1)21-13(15-17-19-21)23-9-4-10-24-14-16-18-20-22(14)12-7-8-12/h1-3,5-6,12H,4,7-10H2. The predicted molar refractivity (Wildman–Crippen MR) is 91.3 cm³/mol. The molecule has 0 spiro atoms. The van der Waals surface area contributed by atoms with Gasteiger partial charge in [0.2, 0.25) is 10.3 Å². The minimum Gasteiger partial charge on any atom is -0.217 e. The van der Waals surface area contributed by atoms with Crippen molar-refractivity contribution in [2.45, 2.75) is 35.6 Å². The molecule has 0 atom stereocenters. The number of rotatable bonds is 8. The van der Waals surface area contributed by atoms with Crippen molar-refractivity contribution in [3.8, 4) is 5.69 Å². The zero-order valence-corrected chi connectivity index (χ0v) is 14.5. The first-order chi connectivity index (χ1) is 11.9. The third kappa shape index (κ3) is 3.59. The fourth-order valence-corrected chi connectivity index (χ4v) is 4.11. The summed E-state index contributed by atoms with van der Waals surface area (Å²) in [5, 5.41) is 25.6. The van der Waals surface area contributed by atoms with Gasteiger partial charge in [-0.25, -0.2) is 4.68 Å². The Balaban J connectivity index is 1.26. The molecule has 1 aliphatic rings. The molecule has 0 unspecified atom stereocenters. The normalized spacial score (nSPS) is 14.2. The molecule has 1 fully saturated rings. The van der Waals surface area contributed by atoms with Crippen LogP contribution in [0.1, 0.15) is 25.3 Å². The Hall–Kier alpha value is -1.94. The van der Waals surface area contributed by atoms with Crippen LogP contribution in [0.5, 0.6) is 0 Å². The minimum atomic E-state index is 0.521. The monoisotopic (exact) mass is 360 g/mol. The lowest BCUT2D eigenvalue weighted by molar-refractivity contribution is 0.565. The largest absolute Gasteiger partial charge is 0.217 e. The molecule has 0 saturated heterocycles. The fourth-order valence-electron chi connectivity index (χ4n) is 2.21. The van der Waals surface area contributed by atoms with E-state index in [2.05, 4.69) is 31.1 Å². The second kappa shape index (κ2) is 7.31. The van der Waals surface area contributed by atoms with Gasteiger partial charge in [-0.15, -0.1) is 10.2 Å². The topological polar surface area (TPSA) is 87.2 Å². The summed E-state index contributed by atoms with van der Waals surface area (Å²) in [6.07, 6.45) is 3.42. The van der Waals surface area contributed by atoms with Gasteiger partial charge in [0.15, 0.2) is 0 Å². The summed E-state index contributed by atoms with van der Waals surface area (Å²) in [7, 11) is 0. The third-order valence-corrected chi connectivity index (χ3v) is 5.57. The second-order valence-electron chi connectivity index (χ2n) is 5.40. The summed E-state index contributed by atoms with van der Waals surface area (Å²) in [5.74, 6) is 1.93. The molecule has 2 heterocycles. The molecule has 1 aromatic carbocycles. The van der Waals surface area contributed by atoms with Crippen LogP contribution >= 0.6 is 23.5 Å². The van der Waals surface area contributed by atoms with E-state index in [4.69, 9.17) is 0 Å². The highest BCUT2D eigenvalue weighted by Crippen LogP contribution is 2.36. The molecule has 1 aliphatic carbocycles. The van der Waals surface area contributed by atoms with E-state index < -0.39 is 0 Å². The molecule has 0 N–H and O–H groups in total. The van der Waals surface area contributed by atoms with Crippen molar-refractivity contribution in [2.75, 3.05) is 11.5 Å². The van der Waals surface area contributed by atoms with Crippen LogP contribution in [0.25, 0.3) is 5.69 Å².